The van der Waals surface area contributed by atoms with Crippen LogP contribution in [0.2, 0.25) is 5.02 Å². The monoisotopic (exact) mass is 400 g/mol. The first kappa shape index (κ1) is 18.6. The highest BCUT2D eigenvalue weighted by Crippen LogP contribution is 2.52. The minimum Gasteiger partial charge on any atom is -0.496 e. The Morgan fingerprint density at radius 3 is 2.46 bits per heavy atom. The van der Waals surface area contributed by atoms with Gasteiger partial charge in [-0.2, -0.15) is 0 Å². The Hall–Kier alpha value is -2.73. The van der Waals surface area contributed by atoms with Gasteiger partial charge in [0.05, 0.1) is 28.9 Å². The minimum atomic E-state index is -0.977. The maximum absolute atomic E-state index is 12.3. The van der Waals surface area contributed by atoms with E-state index >= 15 is 0 Å². The lowest BCUT2D eigenvalue weighted by Crippen LogP contribution is -2.53. The Morgan fingerprint density at radius 2 is 1.86 bits per heavy atom. The van der Waals surface area contributed by atoms with Crippen LogP contribution in [0.5, 0.6) is 5.75 Å². The predicted octanol–water partition coefficient (Wildman–Crippen LogP) is 5.01. The van der Waals surface area contributed by atoms with Gasteiger partial charge in [-0.05, 0) is 36.6 Å². The number of rotatable bonds is 3. The highest BCUT2D eigenvalue weighted by molar-refractivity contribution is 6.34. The molecule has 1 fully saturated rings. The van der Waals surface area contributed by atoms with E-state index in [1.165, 1.54) is 0 Å². The van der Waals surface area contributed by atoms with E-state index in [1.807, 2.05) is 0 Å². The van der Waals surface area contributed by atoms with E-state index in [-0.39, 0.29) is 11.6 Å². The van der Waals surface area contributed by atoms with Crippen molar-refractivity contribution in [3.05, 3.63) is 46.5 Å². The number of urea groups is 1. The van der Waals surface area contributed by atoms with Crippen molar-refractivity contribution in [2.24, 2.45) is 0 Å². The van der Waals surface area contributed by atoms with Gasteiger partial charge >= 0.3 is 12.0 Å². The van der Waals surface area contributed by atoms with Crippen LogP contribution in [0.15, 0.2) is 30.3 Å². The van der Waals surface area contributed by atoms with Crippen LogP contribution in [0.25, 0.3) is 11.1 Å². The average Bonchev–Trinajstić information content (AvgIpc) is 2.69. The first-order valence-electron chi connectivity index (χ1n) is 9.29. The largest absolute Gasteiger partial charge is 0.496 e. The molecule has 1 aliphatic heterocycles. The summed E-state index contributed by atoms with van der Waals surface area (Å²) in [7, 11) is 1.60. The Morgan fingerprint density at radius 1 is 1.18 bits per heavy atom. The summed E-state index contributed by atoms with van der Waals surface area (Å²) in [5.41, 5.74) is 2.74. The third kappa shape index (κ3) is 2.98. The molecule has 7 heteroatoms. The van der Waals surface area contributed by atoms with E-state index in [0.717, 1.165) is 48.8 Å². The summed E-state index contributed by atoms with van der Waals surface area (Å²) in [6, 6.07) is 8.11. The molecule has 3 N–H and O–H groups in total. The number of hydrogen-bond donors (Lipinski definition) is 3. The van der Waals surface area contributed by atoms with E-state index in [4.69, 9.17) is 21.4 Å². The van der Waals surface area contributed by atoms with Crippen molar-refractivity contribution in [2.45, 2.75) is 37.6 Å². The van der Waals surface area contributed by atoms with Crippen molar-refractivity contribution >= 4 is 29.3 Å². The second-order valence-electron chi connectivity index (χ2n) is 7.29. The number of methoxy groups -OCH3 is 1. The molecule has 28 heavy (non-hydrogen) atoms. The van der Waals surface area contributed by atoms with Crippen molar-refractivity contribution in [1.29, 1.82) is 0 Å². The number of carbonyl (C=O) groups is 2. The van der Waals surface area contributed by atoms with Crippen LogP contribution < -0.4 is 15.4 Å². The van der Waals surface area contributed by atoms with Gasteiger partial charge < -0.3 is 20.5 Å². The molecule has 2 aromatic carbocycles. The number of carboxylic acid groups (broad SMARTS) is 1. The zero-order valence-corrected chi connectivity index (χ0v) is 16.2. The van der Waals surface area contributed by atoms with Gasteiger partial charge in [0.2, 0.25) is 0 Å². The van der Waals surface area contributed by atoms with Gasteiger partial charge in [-0.1, -0.05) is 43.0 Å². The number of carbonyl (C=O) groups excluding carboxylic acids is 1. The second kappa shape index (κ2) is 7.02. The molecule has 1 heterocycles. The highest BCUT2D eigenvalue weighted by atomic mass is 35.5. The fourth-order valence-corrected chi connectivity index (χ4v) is 4.64. The van der Waals surface area contributed by atoms with E-state index in [2.05, 4.69) is 10.6 Å². The third-order valence-corrected chi connectivity index (χ3v) is 5.95. The number of ether oxygens (including phenoxy) is 1. The Kier molecular flexibility index (Phi) is 4.67. The molecule has 2 amide bonds. The van der Waals surface area contributed by atoms with Gasteiger partial charge in [-0.25, -0.2) is 9.59 Å². The summed E-state index contributed by atoms with van der Waals surface area (Å²) in [4.78, 5) is 23.5. The molecule has 2 aromatic rings. The zero-order chi connectivity index (χ0) is 19.9. The van der Waals surface area contributed by atoms with E-state index in [9.17, 15) is 9.59 Å². The number of fused-ring (bicyclic) bond motifs is 2. The summed E-state index contributed by atoms with van der Waals surface area (Å²) in [5.74, 6) is -0.327. The Bertz CT molecular complexity index is 950. The normalized spacial score (nSPS) is 17.4. The molecule has 146 valence electrons. The van der Waals surface area contributed by atoms with Crippen molar-refractivity contribution in [3.8, 4) is 16.9 Å². The quantitative estimate of drug-likeness (QED) is 0.675. The summed E-state index contributed by atoms with van der Waals surface area (Å²) in [6.07, 6.45) is 4.80. The standard InChI is InChI=1S/C21H21ClN2O4/c1-28-18-14(12-5-7-13(8-6-12)19(25)26)11-15(22)17-16(18)21(24-20(27)23-17)9-3-2-4-10-21/h5-8,11H,2-4,9-10H2,1H3,(H,25,26)(H2,23,24,27). The molecule has 1 spiro atoms. The van der Waals surface area contributed by atoms with Gasteiger partial charge in [0.25, 0.3) is 0 Å². The van der Waals surface area contributed by atoms with Crippen molar-refractivity contribution in [2.75, 3.05) is 12.4 Å². The minimum absolute atomic E-state index is 0.212. The zero-order valence-electron chi connectivity index (χ0n) is 15.5. The maximum Gasteiger partial charge on any atom is 0.335 e. The van der Waals surface area contributed by atoms with Crippen LogP contribution in [0.1, 0.15) is 48.0 Å². The number of halogens is 1. The third-order valence-electron chi connectivity index (χ3n) is 5.66. The molecule has 4 rings (SSSR count). The Labute approximate surface area is 167 Å². The molecule has 0 unspecified atom stereocenters. The van der Waals surface area contributed by atoms with Crippen LogP contribution in [0, 0.1) is 0 Å². The molecular weight excluding hydrogens is 380 g/mol. The van der Waals surface area contributed by atoms with Gasteiger partial charge in [-0.15, -0.1) is 0 Å². The molecule has 0 saturated heterocycles. The molecule has 0 atom stereocenters. The van der Waals surface area contributed by atoms with Gasteiger partial charge in [-0.3, -0.25) is 0 Å². The lowest BCUT2D eigenvalue weighted by Gasteiger charge is -2.44. The summed E-state index contributed by atoms with van der Waals surface area (Å²) >= 11 is 6.58. The van der Waals surface area contributed by atoms with Crippen LogP contribution in [-0.4, -0.2) is 24.2 Å². The SMILES string of the molecule is COc1c(-c2ccc(C(=O)O)cc2)cc(Cl)c2c1C1(CCCCC1)NC(=O)N2. The number of amides is 2. The second-order valence-corrected chi connectivity index (χ2v) is 7.70. The average molecular weight is 401 g/mol. The van der Waals surface area contributed by atoms with Gasteiger partial charge in [0.1, 0.15) is 5.75 Å². The number of carboxylic acids is 1. The number of anilines is 1. The molecule has 0 bridgehead atoms. The molecule has 0 radical (unpaired) electrons. The summed E-state index contributed by atoms with van der Waals surface area (Å²) in [6.45, 7) is 0. The lowest BCUT2D eigenvalue weighted by atomic mass is 9.74. The highest BCUT2D eigenvalue weighted by Gasteiger charge is 2.44. The molecule has 0 aromatic heterocycles. The topological polar surface area (TPSA) is 87.7 Å². The fourth-order valence-electron chi connectivity index (χ4n) is 4.38. The number of benzene rings is 2. The first-order chi connectivity index (χ1) is 13.4. The van der Waals surface area contributed by atoms with Crippen molar-refractivity contribution in [3.63, 3.8) is 0 Å². The van der Waals surface area contributed by atoms with Crippen LogP contribution in [0.4, 0.5) is 10.5 Å². The molecule has 1 saturated carbocycles. The first-order valence-corrected chi connectivity index (χ1v) is 9.67. The van der Waals surface area contributed by atoms with E-state index in [1.54, 1.807) is 37.4 Å². The Balaban J connectivity index is 1.93. The summed E-state index contributed by atoms with van der Waals surface area (Å²) in [5, 5.41) is 15.5. The maximum atomic E-state index is 12.3. The van der Waals surface area contributed by atoms with Crippen LogP contribution >= 0.6 is 11.6 Å². The van der Waals surface area contributed by atoms with Crippen LogP contribution in [0.3, 0.4) is 0 Å². The van der Waals surface area contributed by atoms with E-state index < -0.39 is 11.5 Å². The van der Waals surface area contributed by atoms with Crippen molar-refractivity contribution < 1.29 is 19.4 Å². The molecule has 1 aliphatic carbocycles. The van der Waals surface area contributed by atoms with Crippen molar-refractivity contribution in [1.82, 2.24) is 5.32 Å². The summed E-state index contributed by atoms with van der Waals surface area (Å²) < 4.78 is 5.83. The van der Waals surface area contributed by atoms with E-state index in [0.29, 0.717) is 16.5 Å². The number of hydrogen-bond acceptors (Lipinski definition) is 3. The lowest BCUT2D eigenvalue weighted by molar-refractivity contribution is 0.0697. The number of aromatic carboxylic acids is 1. The van der Waals surface area contributed by atoms with Gasteiger partial charge in [0, 0.05) is 11.1 Å². The smallest absolute Gasteiger partial charge is 0.335 e. The molecule has 2 aliphatic rings. The molecule has 6 nitrogen and oxygen atoms in total. The fraction of sp³-hybridized carbons (Fsp3) is 0.333. The predicted molar refractivity (Wildman–Crippen MR) is 107 cm³/mol. The molecular formula is C21H21ClN2O4. The number of nitrogens with one attached hydrogen (secondary N) is 2. The van der Waals surface area contributed by atoms with Gasteiger partial charge in [0.15, 0.2) is 0 Å². The van der Waals surface area contributed by atoms with Crippen LogP contribution in [-0.2, 0) is 5.54 Å².